The first-order valence-electron chi connectivity index (χ1n) is 6.37. The number of hydrogen-bond acceptors (Lipinski definition) is 3. The Morgan fingerprint density at radius 1 is 1.32 bits per heavy atom. The van der Waals surface area contributed by atoms with E-state index in [1.807, 2.05) is 13.0 Å². The fraction of sp³-hybridized carbons (Fsp3) is 0.538. The number of benzene rings is 1. The third kappa shape index (κ3) is 2.65. The standard InChI is InChI=1S/C13H18N2O2S.ClH/c1-10-3-2-4-12(7-10)18(16,17)15-8-11-5-6-14-13(11)9-15;/h2-4,7,11,13-14H,5-6,8-9H2,1H3;1H. The van der Waals surface area contributed by atoms with Gasteiger partial charge < -0.3 is 5.32 Å². The van der Waals surface area contributed by atoms with Crippen LogP contribution in [0.3, 0.4) is 0 Å². The molecule has 4 nitrogen and oxygen atoms in total. The van der Waals surface area contributed by atoms with E-state index >= 15 is 0 Å². The van der Waals surface area contributed by atoms with Crippen LogP contribution in [0.15, 0.2) is 29.2 Å². The zero-order valence-corrected chi connectivity index (χ0v) is 12.5. The van der Waals surface area contributed by atoms with Crippen molar-refractivity contribution in [2.24, 2.45) is 5.92 Å². The van der Waals surface area contributed by atoms with Gasteiger partial charge in [-0.15, -0.1) is 12.4 Å². The number of halogens is 1. The van der Waals surface area contributed by atoms with E-state index in [4.69, 9.17) is 0 Å². The van der Waals surface area contributed by atoms with Gasteiger partial charge in [-0.2, -0.15) is 4.31 Å². The average molecular weight is 303 g/mol. The summed E-state index contributed by atoms with van der Waals surface area (Å²) < 4.78 is 26.7. The summed E-state index contributed by atoms with van der Waals surface area (Å²) in [5.41, 5.74) is 0.980. The van der Waals surface area contributed by atoms with Crippen molar-refractivity contribution in [3.05, 3.63) is 29.8 Å². The molecule has 0 bridgehead atoms. The minimum absolute atomic E-state index is 0. The van der Waals surface area contributed by atoms with Gasteiger partial charge in [0, 0.05) is 19.1 Å². The summed E-state index contributed by atoms with van der Waals surface area (Å²) in [7, 11) is -3.31. The van der Waals surface area contributed by atoms with Crippen LogP contribution in [-0.2, 0) is 10.0 Å². The molecule has 0 radical (unpaired) electrons. The molecule has 2 fully saturated rings. The predicted octanol–water partition coefficient (Wildman–Crippen LogP) is 1.40. The van der Waals surface area contributed by atoms with Crippen molar-refractivity contribution in [3.63, 3.8) is 0 Å². The Labute approximate surface area is 120 Å². The first-order valence-corrected chi connectivity index (χ1v) is 7.81. The van der Waals surface area contributed by atoms with Gasteiger partial charge in [0.1, 0.15) is 0 Å². The molecule has 3 rings (SSSR count). The quantitative estimate of drug-likeness (QED) is 0.898. The van der Waals surface area contributed by atoms with E-state index in [-0.39, 0.29) is 12.4 Å². The molecule has 0 aromatic heterocycles. The van der Waals surface area contributed by atoms with Crippen LogP contribution < -0.4 is 5.32 Å². The topological polar surface area (TPSA) is 49.4 Å². The molecule has 2 unspecified atom stereocenters. The van der Waals surface area contributed by atoms with Gasteiger partial charge in [0.25, 0.3) is 0 Å². The molecule has 1 aromatic rings. The second-order valence-electron chi connectivity index (χ2n) is 5.25. The molecule has 1 aromatic carbocycles. The highest BCUT2D eigenvalue weighted by Crippen LogP contribution is 2.29. The van der Waals surface area contributed by atoms with Crippen LogP contribution in [0.5, 0.6) is 0 Å². The molecule has 106 valence electrons. The van der Waals surface area contributed by atoms with Gasteiger partial charge in [-0.25, -0.2) is 8.42 Å². The maximum atomic E-state index is 12.5. The first-order chi connectivity index (χ1) is 8.57. The Balaban J connectivity index is 0.00000133. The van der Waals surface area contributed by atoms with E-state index < -0.39 is 10.0 Å². The molecule has 2 saturated heterocycles. The van der Waals surface area contributed by atoms with Crippen LogP contribution in [0.2, 0.25) is 0 Å². The summed E-state index contributed by atoms with van der Waals surface area (Å²) in [5, 5.41) is 3.38. The molecule has 0 aliphatic carbocycles. The molecule has 1 N–H and O–H groups in total. The van der Waals surface area contributed by atoms with Crippen molar-refractivity contribution >= 4 is 22.4 Å². The lowest BCUT2D eigenvalue weighted by molar-refractivity contribution is 0.448. The van der Waals surface area contributed by atoms with E-state index in [2.05, 4.69) is 5.32 Å². The van der Waals surface area contributed by atoms with Crippen LogP contribution >= 0.6 is 12.4 Å². The predicted molar refractivity (Wildman–Crippen MR) is 77.1 cm³/mol. The smallest absolute Gasteiger partial charge is 0.243 e. The van der Waals surface area contributed by atoms with Crippen LogP contribution in [-0.4, -0.2) is 38.4 Å². The zero-order chi connectivity index (χ0) is 12.8. The average Bonchev–Trinajstić information content (AvgIpc) is 2.89. The highest BCUT2D eigenvalue weighted by molar-refractivity contribution is 7.89. The third-order valence-corrected chi connectivity index (χ3v) is 5.78. The minimum Gasteiger partial charge on any atom is -0.312 e. The van der Waals surface area contributed by atoms with Gasteiger partial charge in [-0.1, -0.05) is 12.1 Å². The van der Waals surface area contributed by atoms with Crippen LogP contribution in [0.1, 0.15) is 12.0 Å². The molecular formula is C13H19ClN2O2S. The molecule has 0 amide bonds. The first kappa shape index (κ1) is 14.8. The number of hydrogen-bond donors (Lipinski definition) is 1. The summed E-state index contributed by atoms with van der Waals surface area (Å²) in [6.45, 7) is 4.21. The Kier molecular flexibility index (Phi) is 4.20. The third-order valence-electron chi connectivity index (χ3n) is 3.96. The van der Waals surface area contributed by atoms with Gasteiger partial charge in [0.15, 0.2) is 0 Å². The number of aryl methyl sites for hydroxylation is 1. The largest absolute Gasteiger partial charge is 0.312 e. The summed E-state index contributed by atoms with van der Waals surface area (Å²) in [6.07, 6.45) is 1.09. The maximum Gasteiger partial charge on any atom is 0.243 e. The Morgan fingerprint density at radius 3 is 2.79 bits per heavy atom. The SMILES string of the molecule is Cc1cccc(S(=O)(=O)N2CC3CCNC3C2)c1.Cl. The number of rotatable bonds is 2. The fourth-order valence-electron chi connectivity index (χ4n) is 2.93. The fourth-order valence-corrected chi connectivity index (χ4v) is 4.56. The lowest BCUT2D eigenvalue weighted by atomic mass is 10.1. The summed E-state index contributed by atoms with van der Waals surface area (Å²) in [4.78, 5) is 0.419. The Hall–Kier alpha value is -0.620. The molecule has 2 aliphatic heterocycles. The molecule has 2 aliphatic rings. The van der Waals surface area contributed by atoms with E-state index in [1.54, 1.807) is 22.5 Å². The normalized spacial score (nSPS) is 27.0. The summed E-state index contributed by atoms with van der Waals surface area (Å²) >= 11 is 0. The van der Waals surface area contributed by atoms with Crippen LogP contribution in [0.4, 0.5) is 0 Å². The number of fused-ring (bicyclic) bond motifs is 1. The second-order valence-corrected chi connectivity index (χ2v) is 7.19. The highest BCUT2D eigenvalue weighted by atomic mass is 35.5. The molecule has 19 heavy (non-hydrogen) atoms. The van der Waals surface area contributed by atoms with E-state index in [0.29, 0.717) is 29.9 Å². The highest BCUT2D eigenvalue weighted by Gasteiger charge is 2.41. The van der Waals surface area contributed by atoms with Crippen molar-refractivity contribution < 1.29 is 8.42 Å². The molecule has 2 atom stereocenters. The lowest BCUT2D eigenvalue weighted by Gasteiger charge is -2.17. The monoisotopic (exact) mass is 302 g/mol. The Morgan fingerprint density at radius 2 is 2.11 bits per heavy atom. The number of nitrogens with one attached hydrogen (secondary N) is 1. The van der Waals surface area contributed by atoms with Gasteiger partial charge in [0.05, 0.1) is 4.90 Å². The van der Waals surface area contributed by atoms with Crippen molar-refractivity contribution in [2.45, 2.75) is 24.3 Å². The van der Waals surface area contributed by atoms with Crippen molar-refractivity contribution in [3.8, 4) is 0 Å². The molecule has 0 saturated carbocycles. The number of nitrogens with zero attached hydrogens (tertiary/aromatic N) is 1. The van der Waals surface area contributed by atoms with Gasteiger partial charge in [-0.3, -0.25) is 0 Å². The summed E-state index contributed by atoms with van der Waals surface area (Å²) in [6, 6.07) is 7.50. The minimum atomic E-state index is -3.31. The molecular weight excluding hydrogens is 284 g/mol. The van der Waals surface area contributed by atoms with Crippen molar-refractivity contribution in [2.75, 3.05) is 19.6 Å². The number of sulfonamides is 1. The second kappa shape index (κ2) is 5.40. The van der Waals surface area contributed by atoms with Crippen LogP contribution in [0.25, 0.3) is 0 Å². The zero-order valence-electron chi connectivity index (χ0n) is 10.9. The molecule has 2 heterocycles. The molecule has 0 spiro atoms. The van der Waals surface area contributed by atoms with E-state index in [9.17, 15) is 8.42 Å². The van der Waals surface area contributed by atoms with Crippen molar-refractivity contribution in [1.29, 1.82) is 0 Å². The Bertz CT molecular complexity index is 550. The summed E-state index contributed by atoms with van der Waals surface area (Å²) in [5.74, 6) is 0.490. The maximum absolute atomic E-state index is 12.5. The molecule has 6 heteroatoms. The lowest BCUT2D eigenvalue weighted by Crippen LogP contribution is -2.34. The van der Waals surface area contributed by atoms with E-state index in [0.717, 1.165) is 18.5 Å². The van der Waals surface area contributed by atoms with Gasteiger partial charge >= 0.3 is 0 Å². The van der Waals surface area contributed by atoms with Crippen LogP contribution in [0, 0.1) is 12.8 Å². The van der Waals surface area contributed by atoms with Gasteiger partial charge in [-0.05, 0) is 43.5 Å². The van der Waals surface area contributed by atoms with Crippen molar-refractivity contribution in [1.82, 2.24) is 9.62 Å². The van der Waals surface area contributed by atoms with Gasteiger partial charge in [0.2, 0.25) is 10.0 Å². The van der Waals surface area contributed by atoms with E-state index in [1.165, 1.54) is 0 Å².